The molecule has 0 atom stereocenters. The van der Waals surface area contributed by atoms with Crippen LogP contribution in [0.25, 0.3) is 11.9 Å². The number of amides is 2. The van der Waals surface area contributed by atoms with E-state index in [-0.39, 0.29) is 49.6 Å². The first-order valence-corrected chi connectivity index (χ1v) is 23.1. The van der Waals surface area contributed by atoms with Crippen molar-refractivity contribution in [1.82, 2.24) is 49.3 Å². The van der Waals surface area contributed by atoms with Gasteiger partial charge in [-0.2, -0.15) is 56.5 Å². The number of hydrogen-bond donors (Lipinski definition) is 2. The lowest BCUT2D eigenvalue weighted by Crippen LogP contribution is -2.48. The Hall–Kier alpha value is -5.25. The Labute approximate surface area is 391 Å². The molecule has 2 amide bonds. The van der Waals surface area contributed by atoms with Gasteiger partial charge >= 0.3 is 12.4 Å². The quantitative estimate of drug-likeness (QED) is 0.148. The number of anilines is 3. The van der Waals surface area contributed by atoms with E-state index in [1.54, 1.807) is 34.2 Å². The highest BCUT2D eigenvalue weighted by Crippen LogP contribution is 2.39. The maximum atomic E-state index is 13.0. The van der Waals surface area contributed by atoms with Gasteiger partial charge in [0.15, 0.2) is 0 Å². The highest BCUT2D eigenvalue weighted by atomic mass is 35.5. The average Bonchev–Trinajstić information content (AvgIpc) is 3.81. The molecule has 3 N–H and O–H groups in total. The zero-order valence-electron chi connectivity index (χ0n) is 38.8. The van der Waals surface area contributed by atoms with Crippen LogP contribution in [0.3, 0.4) is 0 Å². The summed E-state index contributed by atoms with van der Waals surface area (Å²) in [5, 5.41) is 12.6. The van der Waals surface area contributed by atoms with Gasteiger partial charge in [-0.25, -0.2) is 9.36 Å². The van der Waals surface area contributed by atoms with Crippen LogP contribution in [-0.4, -0.2) is 138 Å². The first kappa shape index (κ1) is 51.1. The van der Waals surface area contributed by atoms with Crippen molar-refractivity contribution in [1.29, 1.82) is 0 Å². The molecule has 4 aromatic rings. The minimum absolute atomic E-state index is 0.00593. The number of carbonyl (C=O) groups excluding carboxylic acids is 2. The molecule has 0 aromatic carbocycles. The molecule has 8 rings (SSSR count). The molecule has 368 valence electrons. The summed E-state index contributed by atoms with van der Waals surface area (Å²) in [5.41, 5.74) is 9.07. The number of halogens is 7. The van der Waals surface area contributed by atoms with Crippen LogP contribution in [0, 0.1) is 39.5 Å². The third kappa shape index (κ3) is 13.9. The third-order valence-corrected chi connectivity index (χ3v) is 12.8. The van der Waals surface area contributed by atoms with Gasteiger partial charge in [0.1, 0.15) is 22.6 Å². The monoisotopic (exact) mass is 966 g/mol. The highest BCUT2D eigenvalue weighted by molar-refractivity contribution is 6.29. The van der Waals surface area contributed by atoms with Gasteiger partial charge in [-0.1, -0.05) is 11.6 Å². The molecular weight excluding hydrogens is 906 g/mol. The fourth-order valence-corrected chi connectivity index (χ4v) is 8.96. The molecule has 2 aliphatic heterocycles. The molecule has 4 aliphatic rings. The number of nitrogens with zero attached hydrogens (tertiary/aromatic N) is 12. The lowest BCUT2D eigenvalue weighted by Gasteiger charge is -2.35. The molecule has 67 heavy (non-hydrogen) atoms. The third-order valence-electron chi connectivity index (χ3n) is 12.6. The van der Waals surface area contributed by atoms with Gasteiger partial charge in [0.05, 0.1) is 23.2 Å². The molecule has 0 bridgehead atoms. The standard InChI is InChI=1S/C22H30F3N7O.C15H19ClN6O.C7H12F3N/c1-14-12-15(2)32(29-14)21-27-19(26-18-6-4-17(5-7-18)22(23,24)25)13-20(28-21)31-10-8-30(9-11-31)16(3)33;1-10-8-11(2)22(19-10)15-17-13(16)9-14(18-15)21-6-4-20(5-7-21)12(3)23;8-7(9,10)5-1-3-6(11)4-2-5/h12-13,17-18H,4-11H2,1-3H3,(H,26,27,28);8-9H,4-7H2,1-3H3;5-6H,1-4,11H2. The van der Waals surface area contributed by atoms with Crippen molar-refractivity contribution in [3.05, 3.63) is 52.2 Å². The van der Waals surface area contributed by atoms with Crippen molar-refractivity contribution >= 4 is 40.9 Å². The van der Waals surface area contributed by atoms with Gasteiger partial charge in [-0.15, -0.1) is 0 Å². The van der Waals surface area contributed by atoms with Crippen LogP contribution in [0.4, 0.5) is 43.8 Å². The minimum atomic E-state index is -4.13. The second-order valence-corrected chi connectivity index (χ2v) is 18.2. The summed E-state index contributed by atoms with van der Waals surface area (Å²) in [6, 6.07) is 7.42. The van der Waals surface area contributed by atoms with Gasteiger partial charge in [0.25, 0.3) is 11.9 Å². The van der Waals surface area contributed by atoms with E-state index in [1.165, 1.54) is 0 Å². The summed E-state index contributed by atoms with van der Waals surface area (Å²) in [7, 11) is 0. The number of nitrogens with two attached hydrogens (primary N) is 1. The SMILES string of the molecule is CC(=O)N1CCN(c2cc(Cl)nc(-n3nc(C)cc3C)n2)CC1.CC(=O)N1CCN(c2cc(NC3CCC(C(F)(F)F)CC3)nc(-n3nc(C)cc3C)n2)CC1.NC1CCC(C(F)(F)F)CC1. The smallest absolute Gasteiger partial charge is 0.367 e. The Morgan fingerprint density at radius 1 is 0.597 bits per heavy atom. The van der Waals surface area contributed by atoms with Crippen LogP contribution < -0.4 is 20.9 Å². The zero-order chi connectivity index (χ0) is 48.8. The number of nitrogens with one attached hydrogen (secondary N) is 1. The molecule has 16 nitrogen and oxygen atoms in total. The lowest BCUT2D eigenvalue weighted by molar-refractivity contribution is -0.182. The normalized spacial score (nSPS) is 21.5. The van der Waals surface area contributed by atoms with E-state index in [1.807, 2.05) is 50.8 Å². The van der Waals surface area contributed by atoms with Gasteiger partial charge in [0.2, 0.25) is 11.8 Å². The molecule has 4 aromatic heterocycles. The molecule has 0 spiro atoms. The van der Waals surface area contributed by atoms with Crippen LogP contribution >= 0.6 is 11.6 Å². The largest absolute Gasteiger partial charge is 0.391 e. The van der Waals surface area contributed by atoms with Crippen molar-refractivity contribution in [3.8, 4) is 11.9 Å². The van der Waals surface area contributed by atoms with Crippen LogP contribution in [-0.2, 0) is 9.59 Å². The van der Waals surface area contributed by atoms with Gasteiger partial charge in [-0.3, -0.25) is 9.59 Å². The van der Waals surface area contributed by atoms with Crippen molar-refractivity contribution in [2.75, 3.05) is 67.5 Å². The van der Waals surface area contributed by atoms with E-state index in [4.69, 9.17) is 22.3 Å². The molecule has 23 heteroatoms. The molecule has 2 saturated carbocycles. The van der Waals surface area contributed by atoms with Gasteiger partial charge < -0.3 is 30.7 Å². The summed E-state index contributed by atoms with van der Waals surface area (Å²) in [6.45, 7) is 16.2. The van der Waals surface area contributed by atoms with Crippen molar-refractivity contribution in [2.45, 2.75) is 117 Å². The van der Waals surface area contributed by atoms with Gasteiger partial charge in [-0.05, 0) is 91.2 Å². The minimum Gasteiger partial charge on any atom is -0.367 e. The predicted octanol–water partition coefficient (Wildman–Crippen LogP) is 7.15. The second kappa shape index (κ2) is 21.8. The van der Waals surface area contributed by atoms with Crippen molar-refractivity contribution in [3.63, 3.8) is 0 Å². The Kier molecular flexibility index (Phi) is 16.6. The Balaban J connectivity index is 0.000000188. The van der Waals surface area contributed by atoms with Crippen LogP contribution in [0.1, 0.15) is 88.0 Å². The number of rotatable bonds is 6. The van der Waals surface area contributed by atoms with Crippen molar-refractivity contribution in [2.24, 2.45) is 17.6 Å². The van der Waals surface area contributed by atoms with E-state index in [2.05, 4.69) is 40.3 Å². The highest BCUT2D eigenvalue weighted by Gasteiger charge is 2.42. The number of hydrogen-bond acceptors (Lipinski definition) is 12. The fourth-order valence-electron chi connectivity index (χ4n) is 8.79. The first-order valence-electron chi connectivity index (χ1n) is 22.7. The molecule has 0 radical (unpaired) electrons. The molecule has 2 aliphatic carbocycles. The Morgan fingerprint density at radius 2 is 1.00 bits per heavy atom. The van der Waals surface area contributed by atoms with Crippen LogP contribution in [0.5, 0.6) is 0 Å². The number of alkyl halides is 6. The predicted molar refractivity (Wildman–Crippen MR) is 243 cm³/mol. The summed E-state index contributed by atoms with van der Waals surface area (Å²) in [6.07, 6.45) is -5.54. The summed E-state index contributed by atoms with van der Waals surface area (Å²) in [4.78, 5) is 49.2. The molecule has 4 fully saturated rings. The van der Waals surface area contributed by atoms with Gasteiger partial charge in [0, 0.05) is 102 Å². The second-order valence-electron chi connectivity index (χ2n) is 17.8. The van der Waals surface area contributed by atoms with E-state index < -0.39 is 24.2 Å². The topological polar surface area (TPSA) is 172 Å². The Morgan fingerprint density at radius 3 is 1.39 bits per heavy atom. The van der Waals surface area contributed by atoms with Crippen LogP contribution in [0.2, 0.25) is 5.15 Å². The van der Waals surface area contributed by atoms with E-state index >= 15 is 0 Å². The number of carbonyl (C=O) groups is 2. The molecule has 0 unspecified atom stereocenters. The van der Waals surface area contributed by atoms with E-state index in [0.717, 1.165) is 41.7 Å². The maximum Gasteiger partial charge on any atom is 0.391 e. The van der Waals surface area contributed by atoms with Crippen LogP contribution in [0.15, 0.2) is 24.3 Å². The molecule has 2 saturated heterocycles. The number of piperazine rings is 2. The first-order chi connectivity index (χ1) is 31.5. The molecule has 6 heterocycles. The summed E-state index contributed by atoms with van der Waals surface area (Å²) in [5.74, 6) is 0.767. The maximum absolute atomic E-state index is 13.0. The Bertz CT molecular complexity index is 2290. The van der Waals surface area contributed by atoms with E-state index in [9.17, 15) is 35.9 Å². The number of aryl methyl sites for hydroxylation is 4. The average molecular weight is 968 g/mol. The zero-order valence-corrected chi connectivity index (χ0v) is 39.6. The fraction of sp³-hybridized carbons (Fsp3) is 0.636. The lowest BCUT2D eigenvalue weighted by atomic mass is 9.85. The molecular formula is C44H61ClF6N14O2. The van der Waals surface area contributed by atoms with E-state index in [0.29, 0.717) is 93.6 Å². The van der Waals surface area contributed by atoms with Crippen molar-refractivity contribution < 1.29 is 35.9 Å². The number of aromatic nitrogens is 8. The summed E-state index contributed by atoms with van der Waals surface area (Å²) >= 11 is 6.17. The summed E-state index contributed by atoms with van der Waals surface area (Å²) < 4.78 is 78.5.